The Hall–Kier alpha value is -3.77. The fourth-order valence-electron chi connectivity index (χ4n) is 3.70. The van der Waals surface area contributed by atoms with Crippen molar-refractivity contribution in [2.75, 3.05) is 19.0 Å². The van der Waals surface area contributed by atoms with Gasteiger partial charge in [0.15, 0.2) is 0 Å². The number of rotatable bonds is 8. The van der Waals surface area contributed by atoms with Crippen LogP contribution in [0.1, 0.15) is 18.1 Å². The fourth-order valence-corrected chi connectivity index (χ4v) is 3.82. The van der Waals surface area contributed by atoms with Crippen LogP contribution < -0.4 is 14.8 Å². The summed E-state index contributed by atoms with van der Waals surface area (Å²) in [7, 11) is 1.56. The number of imide groups is 1. The van der Waals surface area contributed by atoms with Crippen molar-refractivity contribution in [1.29, 1.82) is 0 Å². The second-order valence-corrected chi connectivity index (χ2v) is 7.79. The molecule has 0 aliphatic carbocycles. The maximum atomic E-state index is 13.5. The highest BCUT2D eigenvalue weighted by molar-refractivity contribution is 6.36. The number of carbonyl (C=O) groups excluding carboxylic acids is 2. The summed E-state index contributed by atoms with van der Waals surface area (Å²) in [5, 5.41) is 3.69. The van der Waals surface area contributed by atoms with E-state index in [9.17, 15) is 9.59 Å². The lowest BCUT2D eigenvalue weighted by atomic mass is 10.0. The highest BCUT2D eigenvalue weighted by atomic mass is 35.5. The third-order valence-electron chi connectivity index (χ3n) is 5.24. The molecule has 1 N–H and O–H groups in total. The first kappa shape index (κ1) is 22.4. The lowest BCUT2D eigenvalue weighted by Crippen LogP contribution is -2.32. The predicted molar refractivity (Wildman–Crippen MR) is 128 cm³/mol. The minimum Gasteiger partial charge on any atom is -0.496 e. The molecule has 168 valence electrons. The molecule has 4 rings (SSSR count). The van der Waals surface area contributed by atoms with Gasteiger partial charge < -0.3 is 14.8 Å². The van der Waals surface area contributed by atoms with Crippen LogP contribution in [0.25, 0.3) is 5.57 Å². The van der Waals surface area contributed by atoms with Gasteiger partial charge >= 0.3 is 0 Å². The third-order valence-corrected chi connectivity index (χ3v) is 5.49. The molecule has 3 aromatic rings. The van der Waals surface area contributed by atoms with Crippen LogP contribution in [0.5, 0.6) is 11.5 Å². The number of benzene rings is 3. The van der Waals surface area contributed by atoms with Gasteiger partial charge in [-0.15, -0.1) is 0 Å². The lowest BCUT2D eigenvalue weighted by Gasteiger charge is -2.17. The molecule has 0 saturated carbocycles. The highest BCUT2D eigenvalue weighted by Crippen LogP contribution is 2.33. The summed E-state index contributed by atoms with van der Waals surface area (Å²) in [5.74, 6) is 0.463. The summed E-state index contributed by atoms with van der Waals surface area (Å²) in [4.78, 5) is 28.2. The standard InChI is InChI=1S/C26H23ClN2O4/c1-3-33-21-9-6-8-20(15-21)28-24-23(17-11-13-19(27)14-12-17)25(30)29(26(24)31)16-18-7-4-5-10-22(18)32-2/h4-15,28H,3,16H2,1-2H3. The number of ether oxygens (including phenoxy) is 2. The van der Waals surface area contributed by atoms with Gasteiger partial charge in [-0.25, -0.2) is 0 Å². The zero-order valence-electron chi connectivity index (χ0n) is 18.3. The molecule has 2 amide bonds. The van der Waals surface area contributed by atoms with E-state index >= 15 is 0 Å². The molecule has 0 saturated heterocycles. The smallest absolute Gasteiger partial charge is 0.278 e. The Balaban J connectivity index is 1.73. The van der Waals surface area contributed by atoms with Crippen LogP contribution in [0.3, 0.4) is 0 Å². The second kappa shape index (κ2) is 9.79. The van der Waals surface area contributed by atoms with E-state index in [4.69, 9.17) is 21.1 Å². The first-order valence-electron chi connectivity index (χ1n) is 10.5. The number of nitrogens with one attached hydrogen (secondary N) is 1. The largest absolute Gasteiger partial charge is 0.496 e. The molecular weight excluding hydrogens is 440 g/mol. The van der Waals surface area contributed by atoms with Crippen LogP contribution >= 0.6 is 11.6 Å². The molecule has 0 fully saturated rings. The molecular formula is C26H23ClN2O4. The number of anilines is 1. The zero-order chi connectivity index (χ0) is 23.4. The molecule has 0 atom stereocenters. The Morgan fingerprint density at radius 1 is 0.939 bits per heavy atom. The Bertz CT molecular complexity index is 1220. The molecule has 0 unspecified atom stereocenters. The molecule has 0 radical (unpaired) electrons. The topological polar surface area (TPSA) is 67.9 Å². The van der Waals surface area contributed by atoms with Gasteiger partial charge in [0.05, 0.1) is 25.8 Å². The van der Waals surface area contributed by atoms with Gasteiger partial charge in [-0.3, -0.25) is 14.5 Å². The Morgan fingerprint density at radius 2 is 1.70 bits per heavy atom. The van der Waals surface area contributed by atoms with Crippen molar-refractivity contribution < 1.29 is 19.1 Å². The monoisotopic (exact) mass is 462 g/mol. The molecule has 7 heteroatoms. The van der Waals surface area contributed by atoms with Gasteiger partial charge in [0.2, 0.25) is 0 Å². The van der Waals surface area contributed by atoms with Crippen LogP contribution in [0.2, 0.25) is 5.02 Å². The van der Waals surface area contributed by atoms with Crippen molar-refractivity contribution in [3.63, 3.8) is 0 Å². The number of nitrogens with zero attached hydrogens (tertiary/aromatic N) is 1. The highest BCUT2D eigenvalue weighted by Gasteiger charge is 2.39. The van der Waals surface area contributed by atoms with Gasteiger partial charge in [0.1, 0.15) is 17.2 Å². The van der Waals surface area contributed by atoms with Crippen molar-refractivity contribution in [3.8, 4) is 11.5 Å². The number of halogens is 1. The first-order valence-corrected chi connectivity index (χ1v) is 10.9. The molecule has 0 aromatic heterocycles. The number of methoxy groups -OCH3 is 1. The van der Waals surface area contributed by atoms with Gasteiger partial charge in [0, 0.05) is 22.3 Å². The molecule has 3 aromatic carbocycles. The molecule has 33 heavy (non-hydrogen) atoms. The van der Waals surface area contributed by atoms with E-state index in [1.54, 1.807) is 43.5 Å². The lowest BCUT2D eigenvalue weighted by molar-refractivity contribution is -0.137. The predicted octanol–water partition coefficient (Wildman–Crippen LogP) is 5.14. The molecule has 1 aliphatic rings. The van der Waals surface area contributed by atoms with Gasteiger partial charge in [0.25, 0.3) is 11.8 Å². The second-order valence-electron chi connectivity index (χ2n) is 7.35. The van der Waals surface area contributed by atoms with Crippen molar-refractivity contribution in [2.24, 2.45) is 0 Å². The number of para-hydroxylation sites is 1. The number of hydrogen-bond donors (Lipinski definition) is 1. The van der Waals surface area contributed by atoms with Crippen LogP contribution in [-0.4, -0.2) is 30.4 Å². The number of amides is 2. The summed E-state index contributed by atoms with van der Waals surface area (Å²) in [5.41, 5.74) is 2.46. The van der Waals surface area contributed by atoms with Crippen molar-refractivity contribution >= 4 is 34.7 Å². The summed E-state index contributed by atoms with van der Waals surface area (Å²) in [6.07, 6.45) is 0. The molecule has 0 spiro atoms. The van der Waals surface area contributed by atoms with Gasteiger partial charge in [-0.05, 0) is 42.8 Å². The van der Waals surface area contributed by atoms with E-state index in [1.165, 1.54) is 4.90 Å². The molecule has 1 heterocycles. The Labute approximate surface area is 197 Å². The minimum absolute atomic E-state index is 0.0862. The quantitative estimate of drug-likeness (QED) is 0.469. The summed E-state index contributed by atoms with van der Waals surface area (Å²) in [6, 6.07) is 21.4. The normalized spacial score (nSPS) is 13.5. The van der Waals surface area contributed by atoms with Crippen LogP contribution in [0.4, 0.5) is 5.69 Å². The zero-order valence-corrected chi connectivity index (χ0v) is 19.1. The minimum atomic E-state index is -0.419. The average Bonchev–Trinajstić information content (AvgIpc) is 3.05. The molecule has 6 nitrogen and oxygen atoms in total. The Kier molecular flexibility index (Phi) is 6.66. The average molecular weight is 463 g/mol. The maximum Gasteiger partial charge on any atom is 0.278 e. The van der Waals surface area contributed by atoms with Gasteiger partial charge in [-0.2, -0.15) is 0 Å². The maximum absolute atomic E-state index is 13.5. The molecule has 1 aliphatic heterocycles. The van der Waals surface area contributed by atoms with Gasteiger partial charge in [-0.1, -0.05) is 48.0 Å². The summed E-state index contributed by atoms with van der Waals surface area (Å²) >= 11 is 6.04. The van der Waals surface area contributed by atoms with E-state index in [0.717, 1.165) is 5.56 Å². The SMILES string of the molecule is CCOc1cccc(NC2=C(c3ccc(Cl)cc3)C(=O)N(Cc3ccccc3OC)C2=O)c1. The van der Waals surface area contributed by atoms with Crippen LogP contribution in [0, 0.1) is 0 Å². The van der Waals surface area contributed by atoms with Crippen molar-refractivity contribution in [2.45, 2.75) is 13.5 Å². The summed E-state index contributed by atoms with van der Waals surface area (Å²) < 4.78 is 11.0. The molecule has 0 bridgehead atoms. The van der Waals surface area contributed by atoms with Crippen molar-refractivity contribution in [1.82, 2.24) is 4.90 Å². The van der Waals surface area contributed by atoms with Crippen LogP contribution in [0.15, 0.2) is 78.5 Å². The number of hydrogen-bond acceptors (Lipinski definition) is 5. The third kappa shape index (κ3) is 4.71. The van der Waals surface area contributed by atoms with Crippen molar-refractivity contribution in [3.05, 3.63) is 94.6 Å². The summed E-state index contributed by atoms with van der Waals surface area (Å²) in [6.45, 7) is 2.51. The fraction of sp³-hybridized carbons (Fsp3) is 0.154. The first-order chi connectivity index (χ1) is 16.0. The van der Waals surface area contributed by atoms with E-state index in [1.807, 2.05) is 43.3 Å². The van der Waals surface area contributed by atoms with Crippen LogP contribution in [-0.2, 0) is 16.1 Å². The van der Waals surface area contributed by atoms with E-state index in [2.05, 4.69) is 5.32 Å². The Morgan fingerprint density at radius 3 is 2.42 bits per heavy atom. The van der Waals surface area contributed by atoms with E-state index in [0.29, 0.717) is 34.4 Å². The number of carbonyl (C=O) groups is 2. The van der Waals surface area contributed by atoms with E-state index in [-0.39, 0.29) is 17.8 Å². The van der Waals surface area contributed by atoms with E-state index < -0.39 is 11.8 Å².